The van der Waals surface area contributed by atoms with Gasteiger partial charge in [0.15, 0.2) is 11.0 Å². The highest BCUT2D eigenvalue weighted by Gasteiger charge is 2.26. The predicted molar refractivity (Wildman–Crippen MR) is 108 cm³/mol. The average molecular weight is 395 g/mol. The van der Waals surface area contributed by atoms with E-state index in [2.05, 4.69) is 20.5 Å². The predicted octanol–water partition coefficient (Wildman–Crippen LogP) is 3.10. The summed E-state index contributed by atoms with van der Waals surface area (Å²) in [6, 6.07) is 11.5. The topological polar surface area (TPSA) is 81.9 Å². The van der Waals surface area contributed by atoms with Crippen LogP contribution in [0, 0.1) is 0 Å². The molecule has 1 fully saturated rings. The first-order valence-electron chi connectivity index (χ1n) is 9.21. The minimum atomic E-state index is -0.172. The van der Waals surface area contributed by atoms with Crippen molar-refractivity contribution in [2.45, 2.75) is 29.7 Å². The van der Waals surface area contributed by atoms with Crippen LogP contribution in [0.15, 0.2) is 53.9 Å². The second-order valence-electron chi connectivity index (χ2n) is 6.47. The number of rotatable bonds is 5. The number of benzene rings is 1. The van der Waals surface area contributed by atoms with Gasteiger partial charge in [0, 0.05) is 30.2 Å². The van der Waals surface area contributed by atoms with Gasteiger partial charge in [0.25, 0.3) is 0 Å². The third-order valence-corrected chi connectivity index (χ3v) is 5.84. The normalized spacial score (nSPS) is 17.0. The summed E-state index contributed by atoms with van der Waals surface area (Å²) in [6.07, 6.45) is 6.32. The molecule has 0 radical (unpaired) electrons. The van der Waals surface area contributed by atoms with Gasteiger partial charge in [-0.05, 0) is 49.2 Å². The average Bonchev–Trinajstić information content (AvgIpc) is 3.05. The van der Waals surface area contributed by atoms with Gasteiger partial charge in [0.05, 0.1) is 12.4 Å². The zero-order valence-corrected chi connectivity index (χ0v) is 16.4. The Bertz CT molecular complexity index is 943. The summed E-state index contributed by atoms with van der Waals surface area (Å²) in [6.45, 7) is 0.739. The maximum atomic E-state index is 12.4. The van der Waals surface area contributed by atoms with Crippen molar-refractivity contribution in [3.8, 4) is 22.8 Å². The van der Waals surface area contributed by atoms with Crippen molar-refractivity contribution in [3.63, 3.8) is 0 Å². The number of pyridine rings is 1. The molecule has 2 aromatic heterocycles. The maximum Gasteiger partial charge on any atom is 0.233 e. The van der Waals surface area contributed by atoms with E-state index in [-0.39, 0.29) is 11.2 Å². The van der Waals surface area contributed by atoms with Crippen LogP contribution in [0.1, 0.15) is 19.3 Å². The molecule has 1 aromatic carbocycles. The molecule has 1 atom stereocenters. The van der Waals surface area contributed by atoms with Crippen molar-refractivity contribution < 1.29 is 9.53 Å². The van der Waals surface area contributed by atoms with E-state index >= 15 is 0 Å². The molecule has 3 aromatic rings. The molecule has 144 valence electrons. The monoisotopic (exact) mass is 395 g/mol. The smallest absolute Gasteiger partial charge is 0.233 e. The van der Waals surface area contributed by atoms with Crippen LogP contribution in [0.4, 0.5) is 0 Å². The third kappa shape index (κ3) is 3.87. The van der Waals surface area contributed by atoms with Gasteiger partial charge in [0.1, 0.15) is 5.75 Å². The number of amides is 1. The van der Waals surface area contributed by atoms with Crippen molar-refractivity contribution in [3.05, 3.63) is 48.8 Å². The largest absolute Gasteiger partial charge is 0.497 e. The van der Waals surface area contributed by atoms with E-state index in [1.165, 1.54) is 11.8 Å². The summed E-state index contributed by atoms with van der Waals surface area (Å²) in [5.74, 6) is 1.56. The highest BCUT2D eigenvalue weighted by atomic mass is 32.2. The van der Waals surface area contributed by atoms with Crippen LogP contribution >= 0.6 is 11.8 Å². The lowest BCUT2D eigenvalue weighted by Gasteiger charge is -2.15. The van der Waals surface area contributed by atoms with E-state index in [0.717, 1.165) is 42.8 Å². The molecule has 3 heterocycles. The maximum absolute atomic E-state index is 12.4. The van der Waals surface area contributed by atoms with Gasteiger partial charge in [-0.3, -0.25) is 14.3 Å². The minimum Gasteiger partial charge on any atom is -0.497 e. The SMILES string of the molecule is COc1ccc(-n2c(SC3CCCCNC3=O)nnc2-c2ccncc2)cc1. The van der Waals surface area contributed by atoms with E-state index in [4.69, 9.17) is 4.74 Å². The summed E-state index contributed by atoms with van der Waals surface area (Å²) in [7, 11) is 1.64. The Morgan fingerprint density at radius 1 is 1.11 bits per heavy atom. The molecule has 0 bridgehead atoms. The zero-order chi connectivity index (χ0) is 19.3. The summed E-state index contributed by atoms with van der Waals surface area (Å²) in [4.78, 5) is 16.5. The van der Waals surface area contributed by atoms with Gasteiger partial charge in [-0.1, -0.05) is 18.2 Å². The van der Waals surface area contributed by atoms with Crippen molar-refractivity contribution in [1.82, 2.24) is 25.1 Å². The number of aromatic nitrogens is 4. The molecule has 0 saturated carbocycles. The summed E-state index contributed by atoms with van der Waals surface area (Å²) in [5.41, 5.74) is 1.82. The fraction of sp³-hybridized carbons (Fsp3) is 0.300. The van der Waals surface area contributed by atoms with Crippen LogP contribution in [0.5, 0.6) is 5.75 Å². The van der Waals surface area contributed by atoms with Gasteiger partial charge < -0.3 is 10.1 Å². The second kappa shape index (κ2) is 8.43. The molecule has 7 nitrogen and oxygen atoms in total. The van der Waals surface area contributed by atoms with Crippen molar-refractivity contribution in [2.24, 2.45) is 0 Å². The molecule has 0 aliphatic carbocycles. The number of ether oxygens (including phenoxy) is 1. The first-order chi connectivity index (χ1) is 13.8. The Kier molecular flexibility index (Phi) is 5.57. The Morgan fingerprint density at radius 2 is 1.89 bits per heavy atom. The van der Waals surface area contributed by atoms with Crippen LogP contribution in [0.3, 0.4) is 0 Å². The van der Waals surface area contributed by atoms with E-state index in [0.29, 0.717) is 11.0 Å². The Labute approximate surface area is 167 Å². The van der Waals surface area contributed by atoms with Gasteiger partial charge in [-0.15, -0.1) is 10.2 Å². The Balaban J connectivity index is 1.75. The molecule has 1 aliphatic heterocycles. The molecule has 4 rings (SSSR count). The number of thioether (sulfide) groups is 1. The molecular formula is C20H21N5O2S. The first-order valence-corrected chi connectivity index (χ1v) is 10.1. The van der Waals surface area contributed by atoms with Crippen LogP contribution in [-0.4, -0.2) is 44.6 Å². The van der Waals surface area contributed by atoms with Crippen LogP contribution < -0.4 is 10.1 Å². The zero-order valence-electron chi connectivity index (χ0n) is 15.5. The fourth-order valence-electron chi connectivity index (χ4n) is 3.15. The van der Waals surface area contributed by atoms with E-state index in [1.807, 2.05) is 41.0 Å². The Hall–Kier alpha value is -2.87. The van der Waals surface area contributed by atoms with Crippen LogP contribution in [-0.2, 0) is 4.79 Å². The summed E-state index contributed by atoms with van der Waals surface area (Å²) >= 11 is 1.46. The minimum absolute atomic E-state index is 0.0669. The number of hydrogen-bond donors (Lipinski definition) is 1. The highest BCUT2D eigenvalue weighted by Crippen LogP contribution is 2.32. The van der Waals surface area contributed by atoms with Crippen molar-refractivity contribution >= 4 is 17.7 Å². The lowest BCUT2D eigenvalue weighted by atomic mass is 10.2. The Morgan fingerprint density at radius 3 is 2.64 bits per heavy atom. The standard InChI is InChI=1S/C20H21N5O2S/c1-27-16-7-5-15(6-8-16)25-18(14-9-12-21-13-10-14)23-24-20(25)28-17-4-2-3-11-22-19(17)26/h5-10,12-13,17H,2-4,11H2,1H3,(H,22,26). The quantitative estimate of drug-likeness (QED) is 0.715. The number of carbonyl (C=O) groups is 1. The molecule has 8 heteroatoms. The van der Waals surface area contributed by atoms with Crippen molar-refractivity contribution in [2.75, 3.05) is 13.7 Å². The lowest BCUT2D eigenvalue weighted by Crippen LogP contribution is -2.30. The third-order valence-electron chi connectivity index (χ3n) is 4.63. The van der Waals surface area contributed by atoms with E-state index < -0.39 is 0 Å². The van der Waals surface area contributed by atoms with Gasteiger partial charge in [-0.2, -0.15) is 0 Å². The molecule has 28 heavy (non-hydrogen) atoms. The van der Waals surface area contributed by atoms with E-state index in [9.17, 15) is 4.79 Å². The molecule has 1 unspecified atom stereocenters. The second-order valence-corrected chi connectivity index (χ2v) is 7.64. The van der Waals surface area contributed by atoms with Crippen LogP contribution in [0.25, 0.3) is 17.1 Å². The number of nitrogens with one attached hydrogen (secondary N) is 1. The summed E-state index contributed by atoms with van der Waals surface area (Å²) < 4.78 is 7.26. The molecule has 1 amide bonds. The molecule has 1 N–H and O–H groups in total. The van der Waals surface area contributed by atoms with Gasteiger partial charge in [0.2, 0.25) is 5.91 Å². The molecule has 1 aliphatic rings. The van der Waals surface area contributed by atoms with Crippen LogP contribution in [0.2, 0.25) is 0 Å². The van der Waals surface area contributed by atoms with Gasteiger partial charge in [-0.25, -0.2) is 0 Å². The number of hydrogen-bond acceptors (Lipinski definition) is 6. The number of methoxy groups -OCH3 is 1. The fourth-order valence-corrected chi connectivity index (χ4v) is 4.26. The molecular weight excluding hydrogens is 374 g/mol. The summed E-state index contributed by atoms with van der Waals surface area (Å²) in [5, 5.41) is 12.3. The first kappa shape index (κ1) is 18.5. The number of nitrogens with zero attached hydrogens (tertiary/aromatic N) is 4. The highest BCUT2D eigenvalue weighted by molar-refractivity contribution is 8.00. The molecule has 0 spiro atoms. The number of carbonyl (C=O) groups excluding carboxylic acids is 1. The van der Waals surface area contributed by atoms with Crippen molar-refractivity contribution in [1.29, 1.82) is 0 Å². The molecule has 1 saturated heterocycles. The van der Waals surface area contributed by atoms with Gasteiger partial charge >= 0.3 is 0 Å². The lowest BCUT2D eigenvalue weighted by molar-refractivity contribution is -0.120. The van der Waals surface area contributed by atoms with E-state index in [1.54, 1.807) is 19.5 Å².